The van der Waals surface area contributed by atoms with Gasteiger partial charge < -0.3 is 9.72 Å². The van der Waals surface area contributed by atoms with Gasteiger partial charge in [0.15, 0.2) is 0 Å². The van der Waals surface area contributed by atoms with Crippen LogP contribution in [-0.2, 0) is 14.8 Å². The fourth-order valence-electron chi connectivity index (χ4n) is 2.48. The molecule has 0 saturated carbocycles. The summed E-state index contributed by atoms with van der Waals surface area (Å²) in [7, 11) is -3.10. The summed E-state index contributed by atoms with van der Waals surface area (Å²) in [6, 6.07) is 1.80. The van der Waals surface area contributed by atoms with Crippen LogP contribution in [0.3, 0.4) is 0 Å². The Kier molecular flexibility index (Phi) is 4.49. The molecule has 112 valence electrons. The van der Waals surface area contributed by atoms with Gasteiger partial charge in [-0.2, -0.15) is 0 Å². The summed E-state index contributed by atoms with van der Waals surface area (Å²) in [5, 5.41) is 0. The van der Waals surface area contributed by atoms with Crippen molar-refractivity contribution in [2.45, 2.75) is 25.7 Å². The second-order valence-corrected chi connectivity index (χ2v) is 6.98. The van der Waals surface area contributed by atoms with Crippen LogP contribution < -0.4 is 0 Å². The fraction of sp³-hybridized carbons (Fsp3) is 0.615. The number of nitrogens with zero attached hydrogens (tertiary/aromatic N) is 1. The van der Waals surface area contributed by atoms with E-state index in [2.05, 4.69) is 4.98 Å². The van der Waals surface area contributed by atoms with Gasteiger partial charge in [0, 0.05) is 30.9 Å². The zero-order chi connectivity index (χ0) is 14.8. The summed E-state index contributed by atoms with van der Waals surface area (Å²) in [4.78, 5) is 14.7. The Labute approximate surface area is 119 Å². The molecule has 1 saturated heterocycles. The first-order valence-corrected chi connectivity index (χ1v) is 8.57. The van der Waals surface area contributed by atoms with Gasteiger partial charge in [-0.3, -0.25) is 0 Å². The summed E-state index contributed by atoms with van der Waals surface area (Å²) in [6.45, 7) is 3.17. The molecule has 1 aliphatic rings. The molecule has 0 spiro atoms. The van der Waals surface area contributed by atoms with Crippen LogP contribution in [0.15, 0.2) is 12.3 Å². The lowest BCUT2D eigenvalue weighted by Crippen LogP contribution is -2.37. The van der Waals surface area contributed by atoms with Gasteiger partial charge in [-0.15, -0.1) is 0 Å². The number of aromatic nitrogens is 1. The minimum absolute atomic E-state index is 0.260. The van der Waals surface area contributed by atoms with Gasteiger partial charge >= 0.3 is 5.97 Å². The van der Waals surface area contributed by atoms with Crippen molar-refractivity contribution in [3.63, 3.8) is 0 Å². The van der Waals surface area contributed by atoms with E-state index in [0.29, 0.717) is 25.3 Å². The average molecular weight is 300 g/mol. The highest BCUT2D eigenvalue weighted by molar-refractivity contribution is 7.88. The Morgan fingerprint density at radius 3 is 2.65 bits per heavy atom. The van der Waals surface area contributed by atoms with Gasteiger partial charge in [-0.1, -0.05) is 0 Å². The van der Waals surface area contributed by atoms with E-state index in [4.69, 9.17) is 4.74 Å². The number of H-pyrrole nitrogens is 1. The van der Waals surface area contributed by atoms with Crippen molar-refractivity contribution in [1.82, 2.24) is 9.29 Å². The second kappa shape index (κ2) is 5.97. The topological polar surface area (TPSA) is 79.5 Å². The molecule has 20 heavy (non-hydrogen) atoms. The quantitative estimate of drug-likeness (QED) is 0.851. The highest BCUT2D eigenvalue weighted by Crippen LogP contribution is 2.28. The summed E-state index contributed by atoms with van der Waals surface area (Å²) in [5.41, 5.74) is 1.49. The molecule has 0 aromatic carbocycles. The van der Waals surface area contributed by atoms with E-state index in [9.17, 15) is 13.2 Å². The molecule has 1 fully saturated rings. The third-order valence-corrected chi connectivity index (χ3v) is 4.88. The van der Waals surface area contributed by atoms with Crippen LogP contribution in [0.4, 0.5) is 0 Å². The highest BCUT2D eigenvalue weighted by Gasteiger charge is 2.26. The van der Waals surface area contributed by atoms with E-state index in [1.54, 1.807) is 19.2 Å². The van der Waals surface area contributed by atoms with Gasteiger partial charge in [0.2, 0.25) is 10.0 Å². The number of ether oxygens (including phenoxy) is 1. The van der Waals surface area contributed by atoms with E-state index >= 15 is 0 Å². The van der Waals surface area contributed by atoms with Gasteiger partial charge in [0.1, 0.15) is 0 Å². The van der Waals surface area contributed by atoms with Crippen molar-refractivity contribution < 1.29 is 17.9 Å². The number of hydrogen-bond donors (Lipinski definition) is 1. The molecule has 2 rings (SSSR count). The lowest BCUT2D eigenvalue weighted by atomic mass is 9.94. The molecule has 2 heterocycles. The molecule has 0 radical (unpaired) electrons. The Morgan fingerprint density at radius 1 is 1.45 bits per heavy atom. The predicted octanol–water partition coefficient (Wildman–Crippen LogP) is 1.33. The lowest BCUT2D eigenvalue weighted by molar-refractivity contribution is 0.0526. The maximum atomic E-state index is 11.6. The fourth-order valence-corrected chi connectivity index (χ4v) is 3.35. The Hall–Kier alpha value is -1.34. The van der Waals surface area contributed by atoms with E-state index in [1.807, 2.05) is 0 Å². The van der Waals surface area contributed by atoms with E-state index in [-0.39, 0.29) is 11.9 Å². The number of rotatable bonds is 4. The normalized spacial score (nSPS) is 18.1. The highest BCUT2D eigenvalue weighted by atomic mass is 32.2. The first-order chi connectivity index (χ1) is 9.41. The molecule has 1 aromatic rings. The third kappa shape index (κ3) is 3.40. The number of carbonyl (C=O) groups excluding carboxylic acids is 1. The Bertz CT molecular complexity index is 571. The van der Waals surface area contributed by atoms with E-state index in [1.165, 1.54) is 10.6 Å². The number of piperidine rings is 1. The molecule has 1 aromatic heterocycles. The number of carbonyl (C=O) groups is 1. The molecule has 6 nitrogen and oxygen atoms in total. The Morgan fingerprint density at radius 2 is 2.10 bits per heavy atom. The van der Waals surface area contributed by atoms with Gasteiger partial charge in [-0.05, 0) is 25.8 Å². The summed E-state index contributed by atoms with van der Waals surface area (Å²) < 4.78 is 29.3. The van der Waals surface area contributed by atoms with E-state index in [0.717, 1.165) is 18.5 Å². The summed E-state index contributed by atoms with van der Waals surface area (Å²) in [5.74, 6) is -0.0697. The maximum Gasteiger partial charge on any atom is 0.339 e. The minimum Gasteiger partial charge on any atom is -0.462 e. The van der Waals surface area contributed by atoms with Crippen LogP contribution in [0.5, 0.6) is 0 Å². The summed E-state index contributed by atoms with van der Waals surface area (Å²) in [6.07, 6.45) is 4.41. The molecule has 1 N–H and O–H groups in total. The maximum absolute atomic E-state index is 11.6. The summed E-state index contributed by atoms with van der Waals surface area (Å²) >= 11 is 0. The minimum atomic E-state index is -3.10. The van der Waals surface area contributed by atoms with Crippen LogP contribution in [0.1, 0.15) is 41.7 Å². The van der Waals surface area contributed by atoms with Crippen LogP contribution in [0, 0.1) is 0 Å². The monoisotopic (exact) mass is 300 g/mol. The van der Waals surface area contributed by atoms with Gasteiger partial charge in [-0.25, -0.2) is 17.5 Å². The zero-order valence-electron chi connectivity index (χ0n) is 11.8. The van der Waals surface area contributed by atoms with Crippen LogP contribution >= 0.6 is 0 Å². The number of esters is 1. The molecule has 0 unspecified atom stereocenters. The molecule has 0 aliphatic carbocycles. The lowest BCUT2D eigenvalue weighted by Gasteiger charge is -2.29. The van der Waals surface area contributed by atoms with Crippen LogP contribution in [-0.4, -0.2) is 49.6 Å². The number of hydrogen-bond acceptors (Lipinski definition) is 4. The molecule has 0 bridgehead atoms. The van der Waals surface area contributed by atoms with Crippen molar-refractivity contribution >= 4 is 16.0 Å². The first kappa shape index (κ1) is 15.1. The SMILES string of the molecule is CCOC(=O)c1c[nH]c(C2CCN(S(C)(=O)=O)CC2)c1. The van der Waals surface area contributed by atoms with Crippen molar-refractivity contribution in [2.24, 2.45) is 0 Å². The standard InChI is InChI=1S/C13H20N2O4S/c1-3-19-13(16)11-8-12(14-9-11)10-4-6-15(7-5-10)20(2,17)18/h8-10,14H,3-7H2,1-2H3. The van der Waals surface area contributed by atoms with Crippen molar-refractivity contribution in [3.05, 3.63) is 23.5 Å². The van der Waals surface area contributed by atoms with Crippen molar-refractivity contribution in [1.29, 1.82) is 0 Å². The molecule has 0 amide bonds. The van der Waals surface area contributed by atoms with Crippen molar-refractivity contribution in [2.75, 3.05) is 26.0 Å². The molecule has 1 aliphatic heterocycles. The number of sulfonamides is 1. The van der Waals surface area contributed by atoms with Crippen LogP contribution in [0.25, 0.3) is 0 Å². The Balaban J connectivity index is 1.99. The third-order valence-electron chi connectivity index (χ3n) is 3.58. The number of nitrogens with one attached hydrogen (secondary N) is 1. The van der Waals surface area contributed by atoms with E-state index < -0.39 is 10.0 Å². The smallest absolute Gasteiger partial charge is 0.339 e. The molecular formula is C13H20N2O4S. The predicted molar refractivity (Wildman–Crippen MR) is 75.1 cm³/mol. The van der Waals surface area contributed by atoms with Gasteiger partial charge in [0.25, 0.3) is 0 Å². The van der Waals surface area contributed by atoms with Gasteiger partial charge in [0.05, 0.1) is 18.4 Å². The molecule has 7 heteroatoms. The average Bonchev–Trinajstić information content (AvgIpc) is 2.88. The van der Waals surface area contributed by atoms with Crippen molar-refractivity contribution in [3.8, 4) is 0 Å². The second-order valence-electron chi connectivity index (χ2n) is 5.00. The number of aromatic amines is 1. The molecular weight excluding hydrogens is 280 g/mol. The molecule has 0 atom stereocenters. The van der Waals surface area contributed by atoms with Crippen LogP contribution in [0.2, 0.25) is 0 Å². The zero-order valence-corrected chi connectivity index (χ0v) is 12.6. The first-order valence-electron chi connectivity index (χ1n) is 6.72. The largest absolute Gasteiger partial charge is 0.462 e.